The molecule has 0 aliphatic rings. The third-order valence-electron chi connectivity index (χ3n) is 4.21. The van der Waals surface area contributed by atoms with Crippen LogP contribution in [0.1, 0.15) is 41.1 Å². The summed E-state index contributed by atoms with van der Waals surface area (Å²) < 4.78 is 40.0. The van der Waals surface area contributed by atoms with Crippen LogP contribution in [0, 0.1) is 23.1 Å². The molecule has 3 rings (SSSR count). The minimum atomic E-state index is -4.94. The zero-order valence-electron chi connectivity index (χ0n) is 16.6. The molecule has 30 heavy (non-hydrogen) atoms. The number of allylic oxidation sites excluding steroid dienone is 1. The van der Waals surface area contributed by atoms with Gasteiger partial charge in [0.15, 0.2) is 0 Å². The fraction of sp³-hybridized carbons (Fsp3) is 0.182. The van der Waals surface area contributed by atoms with Crippen LogP contribution in [0.2, 0.25) is 0 Å². The lowest BCUT2D eigenvalue weighted by Crippen LogP contribution is -2.68. The summed E-state index contributed by atoms with van der Waals surface area (Å²) in [7, 11) is -4.94. The Morgan fingerprint density at radius 1 is 0.967 bits per heavy atom. The maximum Gasteiger partial charge on any atom is 0.360 e. The number of carbonyl (C=O) groups is 1. The molecule has 3 aromatic rings. The Kier molecular flexibility index (Phi) is 7.66. The molecular weight excluding hydrogens is 412 g/mol. The highest BCUT2D eigenvalue weighted by atomic mass is 35.7. The molecule has 8 heteroatoms. The normalized spacial score (nSPS) is 11.9. The molecule has 0 aliphatic carbocycles. The number of hydrogen-bond acceptors (Lipinski definition) is 5. The van der Waals surface area contributed by atoms with E-state index in [1.165, 1.54) is 5.56 Å². The Bertz CT molecular complexity index is 1050. The minimum Gasteiger partial charge on any atom is -0.478 e. The lowest BCUT2D eigenvalue weighted by molar-refractivity contribution is -2.00. The number of aryl methyl sites for hydroxylation is 1. The predicted octanol–water partition coefficient (Wildman–Crippen LogP) is 1.16. The van der Waals surface area contributed by atoms with Gasteiger partial charge in [-0.05, 0) is 59.9 Å². The van der Waals surface area contributed by atoms with Gasteiger partial charge in [-0.2, -0.15) is 0 Å². The molecule has 0 radical (unpaired) electrons. The lowest BCUT2D eigenvalue weighted by atomic mass is 9.93. The number of aromatic carboxylic acids is 1. The Labute approximate surface area is 175 Å². The van der Waals surface area contributed by atoms with Crippen LogP contribution in [-0.4, -0.2) is 11.1 Å². The summed E-state index contributed by atoms with van der Waals surface area (Å²) in [5.74, 6) is 0.142. The molecule has 0 unspecified atom stereocenters. The van der Waals surface area contributed by atoms with Crippen molar-refractivity contribution >= 4 is 28.6 Å². The van der Waals surface area contributed by atoms with Crippen molar-refractivity contribution in [2.45, 2.75) is 20.8 Å². The number of carboxylic acids is 1. The number of halogens is 1. The van der Waals surface area contributed by atoms with E-state index < -0.39 is 16.2 Å². The topological polar surface area (TPSA) is 141 Å². The van der Waals surface area contributed by atoms with Crippen LogP contribution >= 0.6 is 0 Å². The van der Waals surface area contributed by atoms with Crippen molar-refractivity contribution in [2.24, 2.45) is 5.92 Å². The Balaban J connectivity index is 0.000000575. The number of carboxylic acid groups (broad SMARTS) is 1. The van der Waals surface area contributed by atoms with E-state index >= 15 is 0 Å². The van der Waals surface area contributed by atoms with Crippen LogP contribution in [0.4, 0.5) is 0 Å². The van der Waals surface area contributed by atoms with Gasteiger partial charge in [0.2, 0.25) is 0 Å². The summed E-state index contributed by atoms with van der Waals surface area (Å²) >= 11 is 0. The van der Waals surface area contributed by atoms with Gasteiger partial charge < -0.3 is 5.11 Å². The van der Waals surface area contributed by atoms with Crippen molar-refractivity contribution in [2.75, 3.05) is 0 Å². The van der Waals surface area contributed by atoms with E-state index in [0.717, 1.165) is 27.9 Å². The number of benzene rings is 2. The molecular formula is C22H21ClO7. The molecule has 7 nitrogen and oxygen atoms in total. The van der Waals surface area contributed by atoms with Gasteiger partial charge in [0.1, 0.15) is 0 Å². The van der Waals surface area contributed by atoms with Gasteiger partial charge in [-0.25, -0.2) is 27.8 Å². The van der Waals surface area contributed by atoms with Crippen molar-refractivity contribution in [1.82, 2.24) is 0 Å². The monoisotopic (exact) mass is 432 g/mol. The largest absolute Gasteiger partial charge is 0.478 e. The second kappa shape index (κ2) is 9.80. The summed E-state index contributed by atoms with van der Waals surface area (Å²) in [6, 6.07) is 17.1. The van der Waals surface area contributed by atoms with Gasteiger partial charge in [0, 0.05) is 18.2 Å². The van der Waals surface area contributed by atoms with Gasteiger partial charge in [-0.15, -0.1) is 10.2 Å². The van der Waals surface area contributed by atoms with Gasteiger partial charge >= 0.3 is 17.3 Å². The van der Waals surface area contributed by atoms with E-state index in [9.17, 15) is 4.79 Å². The summed E-state index contributed by atoms with van der Waals surface area (Å²) in [4.78, 5) is 11.0. The smallest absolute Gasteiger partial charge is 0.360 e. The van der Waals surface area contributed by atoms with Crippen LogP contribution in [0.3, 0.4) is 0 Å². The quantitative estimate of drug-likeness (QED) is 0.609. The molecule has 0 aliphatic heterocycles. The molecule has 2 aromatic carbocycles. The fourth-order valence-electron chi connectivity index (χ4n) is 2.84. The van der Waals surface area contributed by atoms with Crippen LogP contribution in [0.15, 0.2) is 59.0 Å². The average Bonchev–Trinajstić information content (AvgIpc) is 2.64. The molecule has 1 aromatic heterocycles. The van der Waals surface area contributed by atoms with Crippen molar-refractivity contribution in [3.8, 4) is 0 Å². The van der Waals surface area contributed by atoms with E-state index in [2.05, 4.69) is 32.9 Å². The Morgan fingerprint density at radius 2 is 1.53 bits per heavy atom. The molecule has 1 N–H and O–H groups in total. The van der Waals surface area contributed by atoms with E-state index in [4.69, 9.17) is 28.2 Å². The predicted molar refractivity (Wildman–Crippen MR) is 101 cm³/mol. The van der Waals surface area contributed by atoms with Gasteiger partial charge in [0.05, 0.1) is 10.9 Å². The third-order valence-corrected chi connectivity index (χ3v) is 4.21. The molecule has 0 saturated heterocycles. The highest BCUT2D eigenvalue weighted by Gasteiger charge is 2.14. The number of hydrogen-bond donors (Lipinski definition) is 1. The third kappa shape index (κ3) is 7.22. The zero-order chi connectivity index (χ0) is 22.5. The molecule has 0 bridgehead atoms. The highest BCUT2D eigenvalue weighted by molar-refractivity contribution is 5.89. The first-order valence-electron chi connectivity index (χ1n) is 8.94. The number of fused-ring (bicyclic) bond motifs is 1. The van der Waals surface area contributed by atoms with Crippen molar-refractivity contribution in [3.63, 3.8) is 0 Å². The second-order valence-corrected chi connectivity index (χ2v) is 7.65. The van der Waals surface area contributed by atoms with Gasteiger partial charge in [0.25, 0.3) is 0 Å². The van der Waals surface area contributed by atoms with Gasteiger partial charge in [-0.1, -0.05) is 26.0 Å². The number of rotatable bonds is 4. The summed E-state index contributed by atoms with van der Waals surface area (Å²) in [5, 5.41) is 10.1. The Morgan fingerprint density at radius 3 is 2.07 bits per heavy atom. The van der Waals surface area contributed by atoms with Crippen molar-refractivity contribution in [1.29, 1.82) is 0 Å². The van der Waals surface area contributed by atoms with E-state index in [-0.39, 0.29) is 11.5 Å². The molecule has 0 atom stereocenters. The molecule has 0 fully saturated rings. The fourth-order valence-corrected chi connectivity index (χ4v) is 2.84. The summed E-state index contributed by atoms with van der Waals surface area (Å²) in [5.41, 5.74) is 4.44. The molecule has 158 valence electrons. The first-order valence-corrected chi connectivity index (χ1v) is 10.2. The van der Waals surface area contributed by atoms with Crippen molar-refractivity contribution in [3.05, 3.63) is 77.0 Å². The first-order chi connectivity index (χ1) is 13.9. The SMILES string of the molecule is Cc1ccc2[o+]c(C=C(c3ccc(C(=O)O)cc3)C(C)C)ccc2c1.[O-][Cl+3]([O-])([O-])[O-]. The second-order valence-electron chi connectivity index (χ2n) is 6.89. The van der Waals surface area contributed by atoms with Crippen LogP contribution < -0.4 is 18.6 Å². The van der Waals surface area contributed by atoms with Crippen LogP contribution in [-0.2, 0) is 0 Å². The van der Waals surface area contributed by atoms with E-state index in [0.29, 0.717) is 0 Å². The van der Waals surface area contributed by atoms with E-state index in [1.807, 2.05) is 36.4 Å². The maximum absolute atomic E-state index is 11.0. The standard InChI is InChI=1S/C22H20O3.ClHO4/c1-14(2)20(16-5-7-17(8-6-16)22(23)24)13-19-10-9-18-12-15(3)4-11-21(18)25-19;2-1(3,4)5/h4-14H,1-3H3;(H,2,3,4,5). The Hall–Kier alpha value is -2.81. The molecule has 0 saturated carbocycles. The molecule has 1 heterocycles. The van der Waals surface area contributed by atoms with Gasteiger partial charge in [-0.3, -0.25) is 0 Å². The lowest BCUT2D eigenvalue weighted by Gasteiger charge is -2.17. The summed E-state index contributed by atoms with van der Waals surface area (Å²) in [6.07, 6.45) is 2.03. The minimum absolute atomic E-state index is 0.277. The maximum atomic E-state index is 11.0. The van der Waals surface area contributed by atoms with Crippen LogP contribution in [0.25, 0.3) is 22.6 Å². The summed E-state index contributed by atoms with van der Waals surface area (Å²) in [6.45, 7) is 6.29. The zero-order valence-corrected chi connectivity index (χ0v) is 17.4. The van der Waals surface area contributed by atoms with Crippen LogP contribution in [0.5, 0.6) is 0 Å². The van der Waals surface area contributed by atoms with E-state index in [1.54, 1.807) is 12.1 Å². The molecule has 0 spiro atoms. The molecule has 0 amide bonds. The van der Waals surface area contributed by atoms with Crippen molar-refractivity contribution < 1.29 is 43.2 Å². The average molecular weight is 433 g/mol. The highest BCUT2D eigenvalue weighted by Crippen LogP contribution is 2.27. The first kappa shape index (κ1) is 23.5.